The van der Waals surface area contributed by atoms with Crippen molar-refractivity contribution in [3.05, 3.63) is 54.2 Å². The summed E-state index contributed by atoms with van der Waals surface area (Å²) in [5.41, 5.74) is 1.14. The Bertz CT molecular complexity index is 762. The molecule has 0 aliphatic rings. The first-order valence-electron chi connectivity index (χ1n) is 10.6. The van der Waals surface area contributed by atoms with Gasteiger partial charge in [0.25, 0.3) is 0 Å². The number of carbonyl (C=O) groups excluding carboxylic acids is 2. The average Bonchev–Trinajstić information content (AvgIpc) is 3.25. The van der Waals surface area contributed by atoms with Gasteiger partial charge < -0.3 is 20.2 Å². The van der Waals surface area contributed by atoms with Gasteiger partial charge in [0.1, 0.15) is 6.26 Å². The summed E-state index contributed by atoms with van der Waals surface area (Å²) >= 11 is 0. The lowest BCUT2D eigenvalue weighted by Gasteiger charge is -2.27. The zero-order chi connectivity index (χ0) is 21.9. The number of carbonyl (C=O) groups is 2. The van der Waals surface area contributed by atoms with Gasteiger partial charge in [-0.3, -0.25) is 9.59 Å². The predicted molar refractivity (Wildman–Crippen MR) is 115 cm³/mol. The molecule has 1 aromatic carbocycles. The van der Waals surface area contributed by atoms with E-state index in [1.165, 1.54) is 12.5 Å². The number of aliphatic hydroxyl groups excluding tert-OH is 1. The Morgan fingerprint density at radius 2 is 1.90 bits per heavy atom. The highest BCUT2D eigenvalue weighted by Crippen LogP contribution is 2.23. The molecule has 2 unspecified atom stereocenters. The first-order valence-corrected chi connectivity index (χ1v) is 10.6. The third-order valence-corrected chi connectivity index (χ3v) is 5.11. The Labute approximate surface area is 178 Å². The van der Waals surface area contributed by atoms with E-state index in [0.29, 0.717) is 18.7 Å². The third-order valence-electron chi connectivity index (χ3n) is 5.11. The SMILES string of the molecule is CCC(CC(=O)NC(C)C)C(=O)N[C@@H](CCc1ccccc1)C(CO)c1ncco1. The van der Waals surface area contributed by atoms with Crippen molar-refractivity contribution in [2.24, 2.45) is 5.92 Å². The largest absolute Gasteiger partial charge is 0.449 e. The molecule has 1 heterocycles. The lowest BCUT2D eigenvalue weighted by molar-refractivity contribution is -0.131. The smallest absolute Gasteiger partial charge is 0.223 e. The van der Waals surface area contributed by atoms with E-state index in [-0.39, 0.29) is 36.9 Å². The topological polar surface area (TPSA) is 104 Å². The molecule has 2 amide bonds. The number of aromatic nitrogens is 1. The van der Waals surface area contributed by atoms with Gasteiger partial charge in [0.2, 0.25) is 17.7 Å². The maximum Gasteiger partial charge on any atom is 0.223 e. The number of hydrogen-bond donors (Lipinski definition) is 3. The molecule has 2 rings (SSSR count). The summed E-state index contributed by atoms with van der Waals surface area (Å²) < 4.78 is 5.41. The lowest BCUT2D eigenvalue weighted by atomic mass is 9.92. The van der Waals surface area contributed by atoms with Gasteiger partial charge in [-0.25, -0.2) is 4.98 Å². The van der Waals surface area contributed by atoms with E-state index in [9.17, 15) is 14.7 Å². The number of aliphatic hydroxyl groups is 1. The summed E-state index contributed by atoms with van der Waals surface area (Å²) in [6.45, 7) is 5.47. The average molecular weight is 416 g/mol. The van der Waals surface area contributed by atoms with Crippen LogP contribution in [0.5, 0.6) is 0 Å². The molecule has 0 bridgehead atoms. The number of amides is 2. The molecule has 164 valence electrons. The van der Waals surface area contributed by atoms with Crippen LogP contribution in [0.2, 0.25) is 0 Å². The van der Waals surface area contributed by atoms with E-state index in [4.69, 9.17) is 4.42 Å². The standard InChI is InChI=1S/C23H33N3O4/c1-4-18(14-21(28)25-16(2)3)22(29)26-20(11-10-17-8-6-5-7-9-17)19(15-27)23-24-12-13-30-23/h5-9,12-13,16,18-20,27H,4,10-11,14-15H2,1-3H3,(H,25,28)(H,26,29)/t18?,19?,20-/m0/s1. The number of oxazole rings is 1. The minimum Gasteiger partial charge on any atom is -0.449 e. The van der Waals surface area contributed by atoms with Gasteiger partial charge in [-0.15, -0.1) is 0 Å². The van der Waals surface area contributed by atoms with Crippen LogP contribution in [0.25, 0.3) is 0 Å². The zero-order valence-corrected chi connectivity index (χ0v) is 18.0. The molecule has 0 saturated carbocycles. The van der Waals surface area contributed by atoms with Crippen molar-refractivity contribution in [2.75, 3.05) is 6.61 Å². The summed E-state index contributed by atoms with van der Waals surface area (Å²) in [6, 6.07) is 9.62. The van der Waals surface area contributed by atoms with E-state index in [2.05, 4.69) is 15.6 Å². The summed E-state index contributed by atoms with van der Waals surface area (Å²) in [5, 5.41) is 15.9. The van der Waals surface area contributed by atoms with Crippen molar-refractivity contribution in [1.82, 2.24) is 15.6 Å². The van der Waals surface area contributed by atoms with Crippen LogP contribution in [0.1, 0.15) is 57.4 Å². The molecule has 0 aliphatic carbocycles. The van der Waals surface area contributed by atoms with Gasteiger partial charge in [-0.2, -0.15) is 0 Å². The lowest BCUT2D eigenvalue weighted by Crippen LogP contribution is -2.45. The molecule has 7 nitrogen and oxygen atoms in total. The second-order valence-corrected chi connectivity index (χ2v) is 7.83. The van der Waals surface area contributed by atoms with Gasteiger partial charge >= 0.3 is 0 Å². The minimum atomic E-state index is -0.463. The highest BCUT2D eigenvalue weighted by Gasteiger charge is 2.30. The number of nitrogens with one attached hydrogen (secondary N) is 2. The molecule has 0 aliphatic heterocycles. The number of nitrogens with zero attached hydrogens (tertiary/aromatic N) is 1. The predicted octanol–water partition coefficient (Wildman–Crippen LogP) is 2.81. The maximum atomic E-state index is 13.0. The molecule has 30 heavy (non-hydrogen) atoms. The highest BCUT2D eigenvalue weighted by atomic mass is 16.3. The fraction of sp³-hybridized carbons (Fsp3) is 0.522. The highest BCUT2D eigenvalue weighted by molar-refractivity contribution is 5.86. The van der Waals surface area contributed by atoms with Gasteiger partial charge in [0.15, 0.2) is 0 Å². The Morgan fingerprint density at radius 3 is 2.47 bits per heavy atom. The van der Waals surface area contributed by atoms with Crippen LogP contribution in [-0.2, 0) is 16.0 Å². The normalized spacial score (nSPS) is 14.2. The molecule has 0 fully saturated rings. The molecule has 3 atom stereocenters. The van der Waals surface area contributed by atoms with Crippen molar-refractivity contribution in [1.29, 1.82) is 0 Å². The second kappa shape index (κ2) is 12.1. The third kappa shape index (κ3) is 7.30. The Kier molecular flexibility index (Phi) is 9.54. The Balaban J connectivity index is 2.11. The number of aryl methyl sites for hydroxylation is 1. The van der Waals surface area contributed by atoms with Crippen LogP contribution in [0, 0.1) is 5.92 Å². The van der Waals surface area contributed by atoms with Gasteiger partial charge in [-0.05, 0) is 38.7 Å². The van der Waals surface area contributed by atoms with E-state index in [1.807, 2.05) is 51.1 Å². The van der Waals surface area contributed by atoms with E-state index < -0.39 is 11.8 Å². The molecular weight excluding hydrogens is 382 g/mol. The first-order chi connectivity index (χ1) is 14.4. The second-order valence-electron chi connectivity index (χ2n) is 7.83. The molecular formula is C23H33N3O4. The summed E-state index contributed by atoms with van der Waals surface area (Å²) in [7, 11) is 0. The maximum absolute atomic E-state index is 13.0. The fourth-order valence-corrected chi connectivity index (χ4v) is 3.46. The van der Waals surface area contributed by atoms with Crippen LogP contribution >= 0.6 is 0 Å². The number of benzene rings is 1. The van der Waals surface area contributed by atoms with Gasteiger partial charge in [0, 0.05) is 24.4 Å². The fourth-order valence-electron chi connectivity index (χ4n) is 3.46. The Morgan fingerprint density at radius 1 is 1.17 bits per heavy atom. The van der Waals surface area contributed by atoms with Crippen molar-refractivity contribution in [3.63, 3.8) is 0 Å². The summed E-state index contributed by atoms with van der Waals surface area (Å²) in [5.74, 6) is -0.846. The molecule has 1 aromatic heterocycles. The van der Waals surface area contributed by atoms with Crippen LogP contribution in [0.15, 0.2) is 47.2 Å². The molecule has 0 radical (unpaired) electrons. The van der Waals surface area contributed by atoms with Crippen LogP contribution < -0.4 is 10.6 Å². The molecule has 3 N–H and O–H groups in total. The quantitative estimate of drug-likeness (QED) is 0.494. The zero-order valence-electron chi connectivity index (χ0n) is 18.0. The monoisotopic (exact) mass is 415 g/mol. The van der Waals surface area contributed by atoms with E-state index >= 15 is 0 Å². The molecule has 7 heteroatoms. The van der Waals surface area contributed by atoms with Crippen molar-refractivity contribution in [2.45, 2.75) is 64.5 Å². The van der Waals surface area contributed by atoms with Crippen molar-refractivity contribution < 1.29 is 19.1 Å². The molecule has 0 spiro atoms. The number of rotatable bonds is 12. The Hall–Kier alpha value is -2.67. The summed E-state index contributed by atoms with van der Waals surface area (Å²) in [4.78, 5) is 29.3. The number of hydrogen-bond acceptors (Lipinski definition) is 5. The molecule has 2 aromatic rings. The molecule has 0 saturated heterocycles. The first kappa shape index (κ1) is 23.6. The van der Waals surface area contributed by atoms with Gasteiger partial charge in [0.05, 0.1) is 18.7 Å². The van der Waals surface area contributed by atoms with E-state index in [1.54, 1.807) is 0 Å². The summed E-state index contributed by atoms with van der Waals surface area (Å²) in [6.07, 6.45) is 5.00. The van der Waals surface area contributed by atoms with Crippen LogP contribution in [0.4, 0.5) is 0 Å². The van der Waals surface area contributed by atoms with Crippen molar-refractivity contribution >= 4 is 11.8 Å². The van der Waals surface area contributed by atoms with Crippen LogP contribution in [-0.4, -0.2) is 40.6 Å². The van der Waals surface area contributed by atoms with E-state index in [0.717, 1.165) is 12.0 Å². The van der Waals surface area contributed by atoms with Crippen molar-refractivity contribution in [3.8, 4) is 0 Å². The minimum absolute atomic E-state index is 0.0282. The van der Waals surface area contributed by atoms with Gasteiger partial charge in [-0.1, -0.05) is 37.3 Å². The van der Waals surface area contributed by atoms with Crippen LogP contribution in [0.3, 0.4) is 0 Å².